The van der Waals surface area contributed by atoms with E-state index in [9.17, 15) is 18.0 Å². The van der Waals surface area contributed by atoms with Gasteiger partial charge in [0.1, 0.15) is 5.39 Å². The van der Waals surface area contributed by atoms with E-state index >= 15 is 0 Å². The molecule has 0 saturated carbocycles. The molecule has 0 atom stereocenters. The molecule has 0 aliphatic heterocycles. The van der Waals surface area contributed by atoms with Gasteiger partial charge in [0, 0.05) is 26.8 Å². The van der Waals surface area contributed by atoms with E-state index in [1.165, 1.54) is 23.7 Å². The van der Waals surface area contributed by atoms with E-state index in [2.05, 4.69) is 10.3 Å². The Morgan fingerprint density at radius 1 is 1.10 bits per heavy atom. The van der Waals surface area contributed by atoms with E-state index in [4.69, 9.17) is 5.14 Å². The predicted octanol–water partition coefficient (Wildman–Crippen LogP) is 0.497. The molecule has 3 aromatic rings. The Hall–Kier alpha value is -2.98. The van der Waals surface area contributed by atoms with Crippen LogP contribution in [0.25, 0.3) is 11.0 Å². The molecule has 3 rings (SSSR count). The van der Waals surface area contributed by atoms with Crippen molar-refractivity contribution in [1.29, 1.82) is 0 Å². The van der Waals surface area contributed by atoms with Gasteiger partial charge in [0.15, 0.2) is 5.65 Å². The summed E-state index contributed by atoms with van der Waals surface area (Å²) < 4.78 is 25.1. The van der Waals surface area contributed by atoms with Gasteiger partial charge in [-0.05, 0) is 36.1 Å². The summed E-state index contributed by atoms with van der Waals surface area (Å²) in [4.78, 5) is 29.3. The van der Waals surface area contributed by atoms with Crippen LogP contribution in [0.1, 0.15) is 18.1 Å². The molecule has 10 heteroatoms. The van der Waals surface area contributed by atoms with Gasteiger partial charge in [-0.15, -0.1) is 0 Å². The summed E-state index contributed by atoms with van der Waals surface area (Å²) in [5, 5.41) is 8.79. The third-order valence-electron chi connectivity index (χ3n) is 4.90. The maximum atomic E-state index is 12.8. The topological polar surface area (TPSA) is 129 Å². The first-order chi connectivity index (χ1) is 13.6. The van der Waals surface area contributed by atoms with E-state index in [1.807, 2.05) is 6.92 Å². The first kappa shape index (κ1) is 20.7. The monoisotopic (exact) mass is 417 g/mol. The number of hydrogen-bond acceptors (Lipinski definition) is 6. The Bertz CT molecular complexity index is 1290. The molecule has 0 aliphatic carbocycles. The zero-order chi connectivity index (χ0) is 21.3. The maximum Gasteiger partial charge on any atom is 0.332 e. The van der Waals surface area contributed by atoms with Crippen LogP contribution in [0.3, 0.4) is 0 Å². The molecule has 0 aliphatic rings. The summed E-state index contributed by atoms with van der Waals surface area (Å²) in [5.74, 6) is 0. The number of sulfonamides is 1. The second kappa shape index (κ2) is 7.80. The number of hydrogen-bond donors (Lipinski definition) is 2. The average Bonchev–Trinajstić information content (AvgIpc) is 2.70. The Kier molecular flexibility index (Phi) is 5.58. The number of rotatable bonds is 6. The molecule has 2 aromatic heterocycles. The summed E-state index contributed by atoms with van der Waals surface area (Å²) in [7, 11) is -0.693. The number of aryl methyl sites for hydroxylation is 2. The molecule has 0 saturated heterocycles. The summed E-state index contributed by atoms with van der Waals surface area (Å²) in [5.41, 5.74) is 1.95. The van der Waals surface area contributed by atoms with Crippen molar-refractivity contribution in [1.82, 2.24) is 14.1 Å². The lowest BCUT2D eigenvalue weighted by Crippen LogP contribution is -2.37. The molecule has 154 valence electrons. The van der Waals surface area contributed by atoms with Crippen LogP contribution in [-0.4, -0.2) is 29.1 Å². The fourth-order valence-electron chi connectivity index (χ4n) is 3.22. The van der Waals surface area contributed by atoms with Crippen molar-refractivity contribution in [2.75, 3.05) is 11.9 Å². The number of benzene rings is 1. The second-order valence-electron chi connectivity index (χ2n) is 6.78. The number of pyridine rings is 1. The molecule has 0 unspecified atom stereocenters. The minimum atomic E-state index is -3.72. The molecule has 0 spiro atoms. The quantitative estimate of drug-likeness (QED) is 0.601. The minimum absolute atomic E-state index is 0.0621. The number of aromatic nitrogens is 3. The van der Waals surface area contributed by atoms with Crippen LogP contribution in [0.15, 0.2) is 44.9 Å². The van der Waals surface area contributed by atoms with Crippen molar-refractivity contribution >= 4 is 26.7 Å². The van der Waals surface area contributed by atoms with Crippen molar-refractivity contribution in [2.24, 2.45) is 19.2 Å². The number of nitrogens with two attached hydrogens (primary N) is 1. The van der Waals surface area contributed by atoms with Gasteiger partial charge in [-0.2, -0.15) is 0 Å². The lowest BCUT2D eigenvalue weighted by Gasteiger charge is -2.15. The van der Waals surface area contributed by atoms with Crippen molar-refractivity contribution in [3.05, 3.63) is 62.4 Å². The average molecular weight is 417 g/mol. The molecule has 0 fully saturated rings. The SMILES string of the molecule is CCc1cnc2c(c1NCCc1ccc(S(N)(=O)=O)cc1)c(=O)n(C)c(=O)n2C. The van der Waals surface area contributed by atoms with Crippen LogP contribution < -0.4 is 21.7 Å². The zero-order valence-corrected chi connectivity index (χ0v) is 17.3. The highest BCUT2D eigenvalue weighted by Crippen LogP contribution is 2.23. The van der Waals surface area contributed by atoms with Crippen molar-refractivity contribution in [2.45, 2.75) is 24.7 Å². The van der Waals surface area contributed by atoms with Gasteiger partial charge in [-0.3, -0.25) is 13.9 Å². The number of primary sulfonamides is 1. The Morgan fingerprint density at radius 2 is 1.76 bits per heavy atom. The fraction of sp³-hybridized carbons (Fsp3) is 0.316. The number of fused-ring (bicyclic) bond motifs is 1. The standard InChI is InChI=1S/C19H23N5O4S/c1-4-13-11-22-17-15(18(25)24(3)19(26)23(17)2)16(13)21-10-9-12-5-7-14(8-6-12)29(20,27)28/h5-8,11H,4,9-10H2,1-3H3,(H,21,22)(H2,20,27,28). The highest BCUT2D eigenvalue weighted by molar-refractivity contribution is 7.89. The molecule has 1 aromatic carbocycles. The van der Waals surface area contributed by atoms with Crippen molar-refractivity contribution in [3.8, 4) is 0 Å². The maximum absolute atomic E-state index is 12.8. The first-order valence-electron chi connectivity index (χ1n) is 9.08. The highest BCUT2D eigenvalue weighted by Gasteiger charge is 2.16. The molecule has 0 bridgehead atoms. The van der Waals surface area contributed by atoms with Crippen LogP contribution in [0, 0.1) is 0 Å². The van der Waals surface area contributed by atoms with Gasteiger partial charge in [-0.25, -0.2) is 23.3 Å². The Morgan fingerprint density at radius 3 is 2.34 bits per heavy atom. The van der Waals surface area contributed by atoms with Crippen LogP contribution in [-0.2, 0) is 37.0 Å². The minimum Gasteiger partial charge on any atom is -0.384 e. The summed E-state index contributed by atoms with van der Waals surface area (Å²) in [6.45, 7) is 2.47. The summed E-state index contributed by atoms with van der Waals surface area (Å²) >= 11 is 0. The molecular formula is C19H23N5O4S. The van der Waals surface area contributed by atoms with Crippen molar-refractivity contribution in [3.63, 3.8) is 0 Å². The van der Waals surface area contributed by atoms with Gasteiger partial charge in [0.05, 0.1) is 10.6 Å². The van der Waals surface area contributed by atoms with Gasteiger partial charge < -0.3 is 5.32 Å². The Labute approximate surface area is 167 Å². The smallest absolute Gasteiger partial charge is 0.332 e. The fourth-order valence-corrected chi connectivity index (χ4v) is 3.73. The third kappa shape index (κ3) is 3.94. The van der Waals surface area contributed by atoms with Gasteiger partial charge in [-0.1, -0.05) is 19.1 Å². The van der Waals surface area contributed by atoms with E-state index in [0.717, 1.165) is 15.7 Å². The van der Waals surface area contributed by atoms with Crippen LogP contribution >= 0.6 is 0 Å². The number of anilines is 1. The molecule has 29 heavy (non-hydrogen) atoms. The molecule has 0 amide bonds. The first-order valence-corrected chi connectivity index (χ1v) is 10.6. The van der Waals surface area contributed by atoms with Gasteiger partial charge in [0.25, 0.3) is 5.56 Å². The number of nitrogens with one attached hydrogen (secondary N) is 1. The second-order valence-corrected chi connectivity index (χ2v) is 8.34. The van der Waals surface area contributed by atoms with Gasteiger partial charge in [0.2, 0.25) is 10.0 Å². The van der Waals surface area contributed by atoms with E-state index in [0.29, 0.717) is 36.1 Å². The highest BCUT2D eigenvalue weighted by atomic mass is 32.2. The third-order valence-corrected chi connectivity index (χ3v) is 5.82. The van der Waals surface area contributed by atoms with E-state index in [1.54, 1.807) is 25.4 Å². The van der Waals surface area contributed by atoms with Crippen molar-refractivity contribution < 1.29 is 8.42 Å². The normalized spacial score (nSPS) is 11.7. The van der Waals surface area contributed by atoms with Crippen LogP contribution in [0.4, 0.5) is 5.69 Å². The van der Waals surface area contributed by atoms with Gasteiger partial charge >= 0.3 is 5.69 Å². The predicted molar refractivity (Wildman–Crippen MR) is 112 cm³/mol. The van der Waals surface area contributed by atoms with Crippen LogP contribution in [0.2, 0.25) is 0 Å². The molecule has 0 radical (unpaired) electrons. The largest absolute Gasteiger partial charge is 0.384 e. The molecule has 2 heterocycles. The Balaban J connectivity index is 1.94. The summed E-state index contributed by atoms with van der Waals surface area (Å²) in [6, 6.07) is 6.34. The summed E-state index contributed by atoms with van der Waals surface area (Å²) in [6.07, 6.45) is 2.94. The van der Waals surface area contributed by atoms with Crippen LogP contribution in [0.5, 0.6) is 0 Å². The zero-order valence-electron chi connectivity index (χ0n) is 16.5. The number of nitrogens with zero attached hydrogens (tertiary/aromatic N) is 3. The molecule has 3 N–H and O–H groups in total. The molecule has 9 nitrogen and oxygen atoms in total. The van der Waals surface area contributed by atoms with E-state index in [-0.39, 0.29) is 4.90 Å². The van der Waals surface area contributed by atoms with E-state index < -0.39 is 21.3 Å². The lowest BCUT2D eigenvalue weighted by atomic mass is 10.1. The molecular weight excluding hydrogens is 394 g/mol. The lowest BCUT2D eigenvalue weighted by molar-refractivity contribution is 0.598.